The van der Waals surface area contributed by atoms with Crippen molar-refractivity contribution in [2.75, 3.05) is 11.5 Å². The summed E-state index contributed by atoms with van der Waals surface area (Å²) in [5.74, 6) is 1.18. The second-order valence-electron chi connectivity index (χ2n) is 10.1. The number of benzene rings is 1. The van der Waals surface area contributed by atoms with Crippen LogP contribution in [-0.4, -0.2) is 37.6 Å². The average molecular weight is 525 g/mol. The molecule has 2 fully saturated rings. The molecule has 37 heavy (non-hydrogen) atoms. The Labute approximate surface area is 219 Å². The zero-order valence-corrected chi connectivity index (χ0v) is 21.9. The summed E-state index contributed by atoms with van der Waals surface area (Å²) in [5.41, 5.74) is 1.29. The number of aromatic nitrogens is 3. The fourth-order valence-electron chi connectivity index (χ4n) is 5.66. The van der Waals surface area contributed by atoms with E-state index in [0.717, 1.165) is 43.4 Å². The largest absolute Gasteiger partial charge is 0.349 e. The molecule has 0 radical (unpaired) electrons. The van der Waals surface area contributed by atoms with Gasteiger partial charge < -0.3 is 5.32 Å². The lowest BCUT2D eigenvalue weighted by molar-refractivity contribution is 0.0922. The maximum Gasteiger partial charge on any atom is 0.333 e. The summed E-state index contributed by atoms with van der Waals surface area (Å²) in [7, 11) is 0. The molecule has 9 heteroatoms. The molecular weight excluding hydrogens is 491 g/mol. The summed E-state index contributed by atoms with van der Waals surface area (Å²) >= 11 is 1.85. The molecule has 5 rings (SSSR count). The number of hydrogen-bond acceptors (Lipinski definition) is 5. The number of aryl methyl sites for hydroxylation is 1. The second-order valence-corrected chi connectivity index (χ2v) is 11.3. The molecule has 3 aromatic rings. The van der Waals surface area contributed by atoms with Crippen LogP contribution in [0.3, 0.4) is 0 Å². The summed E-state index contributed by atoms with van der Waals surface area (Å²) < 4.78 is 17.1. The molecule has 2 aromatic heterocycles. The molecule has 0 atom stereocenters. The number of hydrogen-bond donors (Lipinski definition) is 1. The van der Waals surface area contributed by atoms with Gasteiger partial charge in [-0.2, -0.15) is 11.8 Å². The van der Waals surface area contributed by atoms with Crippen molar-refractivity contribution in [3.63, 3.8) is 0 Å². The number of fused-ring (bicyclic) bond motifs is 1. The second kappa shape index (κ2) is 11.2. The average Bonchev–Trinajstić information content (AvgIpc) is 2.91. The number of thioether (sulfide) groups is 1. The standard InChI is InChI=1S/C28H33FN4O3S/c1-2-3-18-4-6-19(7-5-18)26(34)31-21-8-10-22(11-9-21)33-27(35)24-16-20(29)17-30-25(24)32(28(33)36)23-12-14-37-15-13-23/h4-7,16-17,21-23H,2-3,8-15H2,1H3,(H,31,34)/t21-,22+. The molecular formula is C28H33FN4O3S. The van der Waals surface area contributed by atoms with Gasteiger partial charge in [0.05, 0.1) is 11.6 Å². The van der Waals surface area contributed by atoms with Crippen molar-refractivity contribution < 1.29 is 9.18 Å². The Balaban J connectivity index is 1.36. The van der Waals surface area contributed by atoms with Gasteiger partial charge in [-0.05, 0) is 80.2 Å². The Morgan fingerprint density at radius 3 is 2.38 bits per heavy atom. The molecule has 1 N–H and O–H groups in total. The van der Waals surface area contributed by atoms with E-state index in [1.807, 2.05) is 36.0 Å². The van der Waals surface area contributed by atoms with Crippen LogP contribution in [0.25, 0.3) is 11.0 Å². The van der Waals surface area contributed by atoms with Crippen LogP contribution in [0, 0.1) is 5.82 Å². The molecule has 196 valence electrons. The fourth-order valence-corrected chi connectivity index (χ4v) is 6.74. The predicted molar refractivity (Wildman–Crippen MR) is 145 cm³/mol. The van der Waals surface area contributed by atoms with E-state index in [1.54, 1.807) is 4.57 Å². The molecule has 2 aliphatic rings. The number of carbonyl (C=O) groups excluding carboxylic acids is 1. The molecule has 0 spiro atoms. The Morgan fingerprint density at radius 1 is 1.03 bits per heavy atom. The molecule has 1 aromatic carbocycles. The van der Waals surface area contributed by atoms with Crippen LogP contribution < -0.4 is 16.6 Å². The first-order valence-electron chi connectivity index (χ1n) is 13.3. The molecule has 3 heterocycles. The third-order valence-corrected chi connectivity index (χ3v) is 8.68. The van der Waals surface area contributed by atoms with Crippen molar-refractivity contribution >= 4 is 28.7 Å². The molecule has 7 nitrogen and oxygen atoms in total. The number of rotatable bonds is 6. The van der Waals surface area contributed by atoms with E-state index in [0.29, 0.717) is 31.2 Å². The number of nitrogens with one attached hydrogen (secondary N) is 1. The van der Waals surface area contributed by atoms with Gasteiger partial charge in [-0.15, -0.1) is 0 Å². The first-order valence-corrected chi connectivity index (χ1v) is 14.4. The fraction of sp³-hybridized carbons (Fsp3) is 0.500. The highest BCUT2D eigenvalue weighted by molar-refractivity contribution is 7.99. The normalized spacial score (nSPS) is 20.7. The Kier molecular flexibility index (Phi) is 7.79. The zero-order valence-electron chi connectivity index (χ0n) is 21.1. The van der Waals surface area contributed by atoms with E-state index in [2.05, 4.69) is 17.2 Å². The van der Waals surface area contributed by atoms with Crippen LogP contribution in [0.15, 0.2) is 46.1 Å². The van der Waals surface area contributed by atoms with Gasteiger partial charge in [-0.3, -0.25) is 18.7 Å². The quantitative estimate of drug-likeness (QED) is 0.508. The van der Waals surface area contributed by atoms with Crippen LogP contribution in [0.2, 0.25) is 0 Å². The molecule has 0 bridgehead atoms. The Morgan fingerprint density at radius 2 is 1.70 bits per heavy atom. The predicted octanol–water partition coefficient (Wildman–Crippen LogP) is 4.63. The van der Waals surface area contributed by atoms with Gasteiger partial charge in [0.1, 0.15) is 11.5 Å². The maximum atomic E-state index is 14.1. The van der Waals surface area contributed by atoms with Gasteiger partial charge in [-0.25, -0.2) is 14.2 Å². The minimum absolute atomic E-state index is 0.0214. The summed E-state index contributed by atoms with van der Waals surface area (Å²) in [6, 6.07) is 8.54. The number of amides is 1. The molecule has 1 saturated heterocycles. The maximum absolute atomic E-state index is 14.1. The Bertz CT molecular complexity index is 1390. The molecule has 1 aliphatic carbocycles. The first-order chi connectivity index (χ1) is 18.0. The van der Waals surface area contributed by atoms with Crippen LogP contribution in [0.5, 0.6) is 0 Å². The highest BCUT2D eigenvalue weighted by Gasteiger charge is 2.29. The van der Waals surface area contributed by atoms with Crippen molar-refractivity contribution in [3.8, 4) is 0 Å². The highest BCUT2D eigenvalue weighted by atomic mass is 32.2. The topological polar surface area (TPSA) is 86.0 Å². The van der Waals surface area contributed by atoms with Gasteiger partial charge >= 0.3 is 5.69 Å². The number of carbonyl (C=O) groups is 1. The lowest BCUT2D eigenvalue weighted by Gasteiger charge is -2.31. The molecule has 0 unspecified atom stereocenters. The minimum atomic E-state index is -0.588. The van der Waals surface area contributed by atoms with Gasteiger partial charge in [0.15, 0.2) is 0 Å². The highest BCUT2D eigenvalue weighted by Crippen LogP contribution is 2.30. The van der Waals surface area contributed by atoms with Crippen LogP contribution in [-0.2, 0) is 6.42 Å². The van der Waals surface area contributed by atoms with E-state index < -0.39 is 11.4 Å². The zero-order chi connectivity index (χ0) is 25.9. The smallest absolute Gasteiger partial charge is 0.333 e. The monoisotopic (exact) mass is 524 g/mol. The number of halogens is 1. The van der Waals surface area contributed by atoms with E-state index in [-0.39, 0.29) is 40.8 Å². The van der Waals surface area contributed by atoms with E-state index >= 15 is 0 Å². The first kappa shape index (κ1) is 25.7. The van der Waals surface area contributed by atoms with Gasteiger partial charge in [0, 0.05) is 23.7 Å². The van der Waals surface area contributed by atoms with Gasteiger partial charge in [-0.1, -0.05) is 25.5 Å². The van der Waals surface area contributed by atoms with Crippen LogP contribution in [0.1, 0.15) is 79.9 Å². The number of pyridine rings is 1. The van der Waals surface area contributed by atoms with Gasteiger partial charge in [0.2, 0.25) is 0 Å². The van der Waals surface area contributed by atoms with Crippen molar-refractivity contribution in [1.82, 2.24) is 19.4 Å². The van der Waals surface area contributed by atoms with Crippen LogP contribution in [0.4, 0.5) is 4.39 Å². The Hall–Kier alpha value is -2.94. The molecule has 1 aliphatic heterocycles. The minimum Gasteiger partial charge on any atom is -0.349 e. The summed E-state index contributed by atoms with van der Waals surface area (Å²) in [5, 5.41) is 3.27. The summed E-state index contributed by atoms with van der Waals surface area (Å²) in [4.78, 5) is 44.1. The third kappa shape index (κ3) is 5.37. The van der Waals surface area contributed by atoms with Crippen LogP contribution >= 0.6 is 11.8 Å². The van der Waals surface area contributed by atoms with E-state index in [9.17, 15) is 18.8 Å². The summed E-state index contributed by atoms with van der Waals surface area (Å²) in [6.07, 6.45) is 7.25. The lowest BCUT2D eigenvalue weighted by atomic mass is 9.90. The van der Waals surface area contributed by atoms with Crippen molar-refractivity contribution in [2.24, 2.45) is 0 Å². The molecule has 1 amide bonds. The SMILES string of the molecule is CCCc1ccc(C(=O)N[C@H]2CC[C@@H](n3c(=O)c4cc(F)cnc4n(C4CCSCC4)c3=O)CC2)cc1. The van der Waals surface area contributed by atoms with Crippen molar-refractivity contribution in [1.29, 1.82) is 0 Å². The third-order valence-electron chi connectivity index (χ3n) is 7.63. The summed E-state index contributed by atoms with van der Waals surface area (Å²) in [6.45, 7) is 2.13. The molecule has 1 saturated carbocycles. The van der Waals surface area contributed by atoms with E-state index in [4.69, 9.17) is 0 Å². The number of nitrogens with zero attached hydrogens (tertiary/aromatic N) is 3. The van der Waals surface area contributed by atoms with E-state index in [1.165, 1.54) is 16.2 Å². The van der Waals surface area contributed by atoms with Crippen molar-refractivity contribution in [3.05, 3.63) is 74.3 Å². The van der Waals surface area contributed by atoms with Gasteiger partial charge in [0.25, 0.3) is 11.5 Å². The van der Waals surface area contributed by atoms with Crippen molar-refractivity contribution in [2.45, 2.75) is 76.4 Å². The lowest BCUT2D eigenvalue weighted by Crippen LogP contribution is -2.46.